The maximum atomic E-state index is 13.1. The Morgan fingerprint density at radius 1 is 1.28 bits per heavy atom. The Labute approximate surface area is 146 Å². The van der Waals surface area contributed by atoms with Gasteiger partial charge < -0.3 is 15.6 Å². The van der Waals surface area contributed by atoms with Crippen LogP contribution in [0.15, 0.2) is 48.5 Å². The van der Waals surface area contributed by atoms with Crippen LogP contribution in [0.2, 0.25) is 0 Å². The molecular formula is C20H22N4O. The molecule has 0 fully saturated rings. The number of hydrogen-bond acceptors (Lipinski definition) is 3. The molecule has 3 N–H and O–H groups in total. The van der Waals surface area contributed by atoms with Crippen molar-refractivity contribution in [3.8, 4) is 0 Å². The van der Waals surface area contributed by atoms with E-state index in [1.54, 1.807) is 0 Å². The first kappa shape index (κ1) is 15.8. The molecule has 4 rings (SSSR count). The van der Waals surface area contributed by atoms with Crippen LogP contribution in [-0.4, -0.2) is 21.9 Å². The highest BCUT2D eigenvalue weighted by Gasteiger charge is 2.35. The molecule has 1 aliphatic heterocycles. The first-order chi connectivity index (χ1) is 12.2. The highest BCUT2D eigenvalue weighted by atomic mass is 16.2. The van der Waals surface area contributed by atoms with Gasteiger partial charge in [0.05, 0.1) is 23.1 Å². The van der Waals surface area contributed by atoms with Gasteiger partial charge in [0.1, 0.15) is 5.82 Å². The van der Waals surface area contributed by atoms with Crippen LogP contribution in [0.3, 0.4) is 0 Å². The molecule has 0 saturated heterocycles. The largest absolute Gasteiger partial charge is 0.340 e. The molecule has 0 bridgehead atoms. The van der Waals surface area contributed by atoms with E-state index >= 15 is 0 Å². The molecule has 1 aromatic heterocycles. The monoisotopic (exact) mass is 334 g/mol. The lowest BCUT2D eigenvalue weighted by Gasteiger charge is -2.37. The molecule has 0 spiro atoms. The molecule has 2 heterocycles. The maximum absolute atomic E-state index is 13.1. The third-order valence-electron chi connectivity index (χ3n) is 4.97. The minimum atomic E-state index is -0.502. The molecule has 1 aliphatic rings. The number of aryl methyl sites for hydroxylation is 1. The molecule has 5 heteroatoms. The number of H-pyrrole nitrogens is 1. The zero-order valence-corrected chi connectivity index (χ0v) is 14.3. The first-order valence-electron chi connectivity index (χ1n) is 8.80. The lowest BCUT2D eigenvalue weighted by Crippen LogP contribution is -2.47. The van der Waals surface area contributed by atoms with E-state index in [-0.39, 0.29) is 11.9 Å². The van der Waals surface area contributed by atoms with Gasteiger partial charge in [-0.15, -0.1) is 0 Å². The van der Waals surface area contributed by atoms with Crippen LogP contribution >= 0.6 is 0 Å². The van der Waals surface area contributed by atoms with Crippen LogP contribution in [0.5, 0.6) is 0 Å². The van der Waals surface area contributed by atoms with E-state index in [4.69, 9.17) is 10.7 Å². The van der Waals surface area contributed by atoms with Gasteiger partial charge in [0.25, 0.3) is 0 Å². The van der Waals surface area contributed by atoms with Gasteiger partial charge in [0.15, 0.2) is 0 Å². The van der Waals surface area contributed by atoms with Gasteiger partial charge in [-0.25, -0.2) is 4.98 Å². The maximum Gasteiger partial charge on any atom is 0.244 e. The normalized spacial score (nSPS) is 18.2. The number of fused-ring (bicyclic) bond motifs is 2. The van der Waals surface area contributed by atoms with E-state index in [1.807, 2.05) is 54.3 Å². The number of carbonyl (C=O) groups is 1. The Kier molecular flexibility index (Phi) is 4.01. The molecule has 0 aliphatic carbocycles. The zero-order valence-electron chi connectivity index (χ0n) is 14.3. The highest BCUT2D eigenvalue weighted by Crippen LogP contribution is 2.38. The van der Waals surface area contributed by atoms with Gasteiger partial charge in [0, 0.05) is 5.69 Å². The minimum absolute atomic E-state index is 0.0416. The molecule has 0 radical (unpaired) electrons. The quantitative estimate of drug-likeness (QED) is 0.771. The van der Waals surface area contributed by atoms with Gasteiger partial charge >= 0.3 is 0 Å². The SMILES string of the molecule is CCC(N)C(=O)N1c2ccccc2CCC1c1nc2ccccc2[nH]1. The fraction of sp³-hybridized carbons (Fsp3) is 0.300. The van der Waals surface area contributed by atoms with Crippen molar-refractivity contribution in [2.75, 3.05) is 4.90 Å². The Balaban J connectivity index is 1.81. The number of rotatable bonds is 3. The second-order valence-electron chi connectivity index (χ2n) is 6.55. The zero-order chi connectivity index (χ0) is 17.4. The van der Waals surface area contributed by atoms with E-state index in [9.17, 15) is 4.79 Å². The summed E-state index contributed by atoms with van der Waals surface area (Å²) in [6.07, 6.45) is 2.37. The van der Waals surface area contributed by atoms with Crippen LogP contribution in [0, 0.1) is 0 Å². The van der Waals surface area contributed by atoms with E-state index in [1.165, 1.54) is 5.56 Å². The Morgan fingerprint density at radius 2 is 2.04 bits per heavy atom. The topological polar surface area (TPSA) is 75.0 Å². The van der Waals surface area contributed by atoms with Crippen molar-refractivity contribution < 1.29 is 4.79 Å². The molecule has 128 valence electrons. The van der Waals surface area contributed by atoms with E-state index < -0.39 is 6.04 Å². The average Bonchev–Trinajstić information content (AvgIpc) is 3.09. The number of nitrogens with two attached hydrogens (primary N) is 1. The average molecular weight is 334 g/mol. The van der Waals surface area contributed by atoms with Crippen LogP contribution in [0.1, 0.15) is 37.2 Å². The molecule has 2 atom stereocenters. The molecule has 5 nitrogen and oxygen atoms in total. The van der Waals surface area contributed by atoms with Crippen molar-refractivity contribution in [3.63, 3.8) is 0 Å². The summed E-state index contributed by atoms with van der Waals surface area (Å²) in [5.74, 6) is 0.785. The van der Waals surface area contributed by atoms with E-state index in [0.29, 0.717) is 6.42 Å². The number of hydrogen-bond donors (Lipinski definition) is 2. The summed E-state index contributed by atoms with van der Waals surface area (Å²) >= 11 is 0. The number of nitrogens with zero attached hydrogens (tertiary/aromatic N) is 2. The molecule has 2 unspecified atom stereocenters. The standard InChI is InChI=1S/C20H22N4O/c1-2-14(21)20(25)24-17-10-6-3-7-13(17)11-12-18(24)19-22-15-8-4-5-9-16(15)23-19/h3-10,14,18H,2,11-12,21H2,1H3,(H,22,23). The van der Waals surface area contributed by atoms with Crippen molar-refractivity contribution >= 4 is 22.6 Å². The summed E-state index contributed by atoms with van der Waals surface area (Å²) in [6.45, 7) is 1.94. The van der Waals surface area contributed by atoms with Crippen LogP contribution < -0.4 is 10.6 Å². The number of aromatic amines is 1. The van der Waals surface area contributed by atoms with Gasteiger partial charge in [-0.1, -0.05) is 37.3 Å². The fourth-order valence-corrected chi connectivity index (χ4v) is 3.56. The molecule has 2 aromatic carbocycles. The molecule has 0 saturated carbocycles. The Bertz CT molecular complexity index is 884. The van der Waals surface area contributed by atoms with Crippen molar-refractivity contribution in [1.82, 2.24) is 9.97 Å². The first-order valence-corrected chi connectivity index (χ1v) is 8.80. The predicted molar refractivity (Wildman–Crippen MR) is 99.4 cm³/mol. The van der Waals surface area contributed by atoms with Gasteiger partial charge in [-0.05, 0) is 43.0 Å². The number of para-hydroxylation sites is 3. The number of anilines is 1. The summed E-state index contributed by atoms with van der Waals surface area (Å²) in [6, 6.07) is 15.4. The van der Waals surface area contributed by atoms with Gasteiger partial charge in [-0.2, -0.15) is 0 Å². The number of aromatic nitrogens is 2. The third kappa shape index (κ3) is 2.70. The summed E-state index contributed by atoms with van der Waals surface area (Å²) in [4.78, 5) is 23.0. The molecule has 25 heavy (non-hydrogen) atoms. The summed E-state index contributed by atoms with van der Waals surface area (Å²) in [5, 5.41) is 0. The summed E-state index contributed by atoms with van der Waals surface area (Å²) in [5.41, 5.74) is 10.1. The lowest BCUT2D eigenvalue weighted by atomic mass is 9.94. The van der Waals surface area contributed by atoms with Crippen molar-refractivity contribution in [2.45, 2.75) is 38.3 Å². The minimum Gasteiger partial charge on any atom is -0.340 e. The Morgan fingerprint density at radius 3 is 2.84 bits per heavy atom. The smallest absolute Gasteiger partial charge is 0.244 e. The number of imidazole rings is 1. The van der Waals surface area contributed by atoms with Crippen molar-refractivity contribution in [3.05, 3.63) is 59.9 Å². The van der Waals surface area contributed by atoms with Crippen LogP contribution in [0.25, 0.3) is 11.0 Å². The van der Waals surface area contributed by atoms with Gasteiger partial charge in [0.2, 0.25) is 5.91 Å². The lowest BCUT2D eigenvalue weighted by molar-refractivity contribution is -0.120. The van der Waals surface area contributed by atoms with E-state index in [0.717, 1.165) is 35.4 Å². The number of carbonyl (C=O) groups excluding carboxylic acids is 1. The highest BCUT2D eigenvalue weighted by molar-refractivity contribution is 5.98. The van der Waals surface area contributed by atoms with Gasteiger partial charge in [-0.3, -0.25) is 4.79 Å². The van der Waals surface area contributed by atoms with Crippen molar-refractivity contribution in [2.24, 2.45) is 5.73 Å². The van der Waals surface area contributed by atoms with E-state index in [2.05, 4.69) is 11.1 Å². The summed E-state index contributed by atoms with van der Waals surface area (Å²) < 4.78 is 0. The molecule has 3 aromatic rings. The predicted octanol–water partition coefficient (Wildman–Crippen LogP) is 3.32. The number of benzene rings is 2. The Hall–Kier alpha value is -2.66. The third-order valence-corrected chi connectivity index (χ3v) is 4.97. The second kappa shape index (κ2) is 6.33. The van der Waals surface area contributed by atoms with Crippen LogP contribution in [-0.2, 0) is 11.2 Å². The van der Waals surface area contributed by atoms with Crippen molar-refractivity contribution in [1.29, 1.82) is 0 Å². The summed E-state index contributed by atoms with van der Waals surface area (Å²) in [7, 11) is 0. The number of amides is 1. The second-order valence-corrected chi connectivity index (χ2v) is 6.55. The number of nitrogens with one attached hydrogen (secondary N) is 1. The molecule has 1 amide bonds. The molecular weight excluding hydrogens is 312 g/mol. The van der Waals surface area contributed by atoms with Crippen LogP contribution in [0.4, 0.5) is 5.69 Å². The fourth-order valence-electron chi connectivity index (χ4n) is 3.56.